The molecule has 1 N–H and O–H groups in total. The minimum Gasteiger partial charge on any atom is -0.308 e. The maximum Gasteiger partial charge on any atom is 0.157 e. The van der Waals surface area contributed by atoms with Crippen molar-refractivity contribution in [3.05, 3.63) is 35.3 Å². The lowest BCUT2D eigenvalue weighted by atomic mass is 10.2. The van der Waals surface area contributed by atoms with Gasteiger partial charge in [0.25, 0.3) is 0 Å². The molecule has 3 aromatic rings. The van der Waals surface area contributed by atoms with E-state index in [0.29, 0.717) is 0 Å². The van der Waals surface area contributed by atoms with E-state index in [9.17, 15) is 0 Å². The van der Waals surface area contributed by atoms with Gasteiger partial charge in [-0.2, -0.15) is 0 Å². The molecular weight excluding hydrogens is 274 g/mol. The summed E-state index contributed by atoms with van der Waals surface area (Å²) >= 11 is 3.45. The zero-order valence-electron chi connectivity index (χ0n) is 10.9. The maximum absolute atomic E-state index is 4.32. The van der Waals surface area contributed by atoms with Gasteiger partial charge in [0.05, 0.1) is 10.9 Å². The highest BCUT2D eigenvalue weighted by atomic mass is 32.1. The maximum atomic E-state index is 4.32. The van der Waals surface area contributed by atoms with Crippen molar-refractivity contribution in [1.29, 1.82) is 0 Å². The number of hydrogen-bond donors (Lipinski definition) is 1. The summed E-state index contributed by atoms with van der Waals surface area (Å²) < 4.78 is 1.30. The molecule has 3 nitrogen and oxygen atoms in total. The van der Waals surface area contributed by atoms with E-state index in [1.54, 1.807) is 22.7 Å². The van der Waals surface area contributed by atoms with Crippen LogP contribution in [0.25, 0.3) is 20.0 Å². The first-order valence-corrected chi connectivity index (χ1v) is 7.97. The number of thiophene rings is 1. The van der Waals surface area contributed by atoms with Crippen molar-refractivity contribution in [3.8, 4) is 9.88 Å². The molecule has 3 rings (SSSR count). The second kappa shape index (κ2) is 5.36. The van der Waals surface area contributed by atoms with E-state index >= 15 is 0 Å². The lowest BCUT2D eigenvalue weighted by Crippen LogP contribution is -2.17. The molecule has 0 bridgehead atoms. The van der Waals surface area contributed by atoms with Crippen LogP contribution in [0.15, 0.2) is 30.3 Å². The molecular formula is C14H15N3S2. The van der Waals surface area contributed by atoms with E-state index in [-0.39, 0.29) is 6.04 Å². The SMILES string of the molecule is CCNC(C)c1nnc(-c2cc3ccccc3s2)s1. The van der Waals surface area contributed by atoms with Gasteiger partial charge >= 0.3 is 0 Å². The zero-order chi connectivity index (χ0) is 13.2. The Balaban J connectivity index is 1.93. The molecule has 0 saturated heterocycles. The second-order valence-electron chi connectivity index (χ2n) is 4.37. The summed E-state index contributed by atoms with van der Waals surface area (Å²) in [6, 6.07) is 10.9. The van der Waals surface area contributed by atoms with Crippen molar-refractivity contribution in [1.82, 2.24) is 15.5 Å². The third-order valence-electron chi connectivity index (χ3n) is 2.96. The predicted octanol–water partition coefficient (Wildman–Crippen LogP) is 4.09. The molecule has 1 atom stereocenters. The summed E-state index contributed by atoms with van der Waals surface area (Å²) in [5, 5.41) is 15.3. The quantitative estimate of drug-likeness (QED) is 0.786. The fraction of sp³-hybridized carbons (Fsp3) is 0.286. The van der Waals surface area contributed by atoms with Crippen LogP contribution in [0.3, 0.4) is 0 Å². The van der Waals surface area contributed by atoms with Gasteiger partial charge in [-0.25, -0.2) is 0 Å². The van der Waals surface area contributed by atoms with Gasteiger partial charge in [-0.05, 0) is 31.0 Å². The second-order valence-corrected chi connectivity index (χ2v) is 6.47. The van der Waals surface area contributed by atoms with E-state index in [4.69, 9.17) is 0 Å². The van der Waals surface area contributed by atoms with Crippen LogP contribution in [-0.4, -0.2) is 16.7 Å². The summed E-state index contributed by atoms with van der Waals surface area (Å²) in [6.07, 6.45) is 0. The first-order valence-electron chi connectivity index (χ1n) is 6.33. The Morgan fingerprint density at radius 1 is 1.21 bits per heavy atom. The average molecular weight is 289 g/mol. The van der Waals surface area contributed by atoms with E-state index < -0.39 is 0 Å². The topological polar surface area (TPSA) is 37.8 Å². The van der Waals surface area contributed by atoms with Gasteiger partial charge in [0.2, 0.25) is 0 Å². The standard InChI is InChI=1S/C14H15N3S2/c1-3-15-9(2)13-16-17-14(19-13)12-8-10-6-4-5-7-11(10)18-12/h4-9,15H,3H2,1-2H3. The third-order valence-corrected chi connectivity index (χ3v) is 5.35. The Morgan fingerprint density at radius 3 is 2.84 bits per heavy atom. The van der Waals surface area contributed by atoms with Crippen molar-refractivity contribution in [2.75, 3.05) is 6.54 Å². The molecule has 0 radical (unpaired) electrons. The first kappa shape index (κ1) is 12.7. The number of nitrogens with zero attached hydrogens (tertiary/aromatic N) is 2. The summed E-state index contributed by atoms with van der Waals surface area (Å²) in [5.41, 5.74) is 0. The zero-order valence-corrected chi connectivity index (χ0v) is 12.5. The van der Waals surface area contributed by atoms with Gasteiger partial charge in [0, 0.05) is 4.70 Å². The van der Waals surface area contributed by atoms with E-state index in [2.05, 4.69) is 59.7 Å². The monoisotopic (exact) mass is 289 g/mol. The van der Waals surface area contributed by atoms with E-state index in [1.807, 2.05) is 0 Å². The average Bonchev–Trinajstić information content (AvgIpc) is 3.05. The Bertz CT molecular complexity index is 654. The van der Waals surface area contributed by atoms with Gasteiger partial charge in [-0.3, -0.25) is 0 Å². The van der Waals surface area contributed by atoms with Crippen LogP contribution >= 0.6 is 22.7 Å². The minimum absolute atomic E-state index is 0.269. The van der Waals surface area contributed by atoms with Gasteiger partial charge in [0.1, 0.15) is 5.01 Å². The molecule has 98 valence electrons. The van der Waals surface area contributed by atoms with Crippen LogP contribution in [0.2, 0.25) is 0 Å². The number of benzene rings is 1. The summed E-state index contributed by atoms with van der Waals surface area (Å²) in [6.45, 7) is 5.17. The minimum atomic E-state index is 0.269. The molecule has 1 unspecified atom stereocenters. The van der Waals surface area contributed by atoms with Crippen LogP contribution in [0.5, 0.6) is 0 Å². The smallest absolute Gasteiger partial charge is 0.157 e. The Labute approximate surface area is 120 Å². The molecule has 1 aromatic carbocycles. The van der Waals surface area contributed by atoms with Gasteiger partial charge in [-0.1, -0.05) is 36.5 Å². The van der Waals surface area contributed by atoms with Gasteiger partial charge in [0.15, 0.2) is 5.01 Å². The van der Waals surface area contributed by atoms with Crippen LogP contribution in [0.1, 0.15) is 24.9 Å². The predicted molar refractivity (Wildman–Crippen MR) is 82.8 cm³/mol. The van der Waals surface area contributed by atoms with Crippen molar-refractivity contribution in [2.24, 2.45) is 0 Å². The molecule has 0 aliphatic carbocycles. The number of rotatable bonds is 4. The van der Waals surface area contributed by atoms with Crippen LogP contribution in [0, 0.1) is 0 Å². The fourth-order valence-corrected chi connectivity index (χ4v) is 3.96. The number of hydrogen-bond acceptors (Lipinski definition) is 5. The van der Waals surface area contributed by atoms with E-state index in [0.717, 1.165) is 16.6 Å². The van der Waals surface area contributed by atoms with E-state index in [1.165, 1.54) is 15.0 Å². The van der Waals surface area contributed by atoms with Crippen molar-refractivity contribution in [2.45, 2.75) is 19.9 Å². The van der Waals surface area contributed by atoms with Gasteiger partial charge < -0.3 is 5.32 Å². The summed E-state index contributed by atoms with van der Waals surface area (Å²) in [4.78, 5) is 1.20. The highest BCUT2D eigenvalue weighted by Gasteiger charge is 2.13. The third kappa shape index (κ3) is 2.54. The van der Waals surface area contributed by atoms with Crippen LogP contribution in [0.4, 0.5) is 0 Å². The normalized spacial score (nSPS) is 12.9. The highest BCUT2D eigenvalue weighted by Crippen LogP contribution is 2.35. The largest absolute Gasteiger partial charge is 0.308 e. The lowest BCUT2D eigenvalue weighted by molar-refractivity contribution is 0.590. The lowest BCUT2D eigenvalue weighted by Gasteiger charge is -2.06. The number of fused-ring (bicyclic) bond motifs is 1. The highest BCUT2D eigenvalue weighted by molar-refractivity contribution is 7.25. The van der Waals surface area contributed by atoms with Crippen molar-refractivity contribution >= 4 is 32.8 Å². The van der Waals surface area contributed by atoms with Gasteiger partial charge in [-0.15, -0.1) is 21.5 Å². The van der Waals surface area contributed by atoms with Crippen LogP contribution in [-0.2, 0) is 0 Å². The molecule has 0 spiro atoms. The molecule has 0 aliphatic heterocycles. The molecule has 2 heterocycles. The van der Waals surface area contributed by atoms with Crippen molar-refractivity contribution < 1.29 is 0 Å². The molecule has 2 aromatic heterocycles. The number of aromatic nitrogens is 2. The molecule has 0 aliphatic rings. The van der Waals surface area contributed by atoms with Crippen molar-refractivity contribution in [3.63, 3.8) is 0 Å². The fourth-order valence-electron chi connectivity index (χ4n) is 1.99. The Morgan fingerprint density at radius 2 is 2.05 bits per heavy atom. The first-order chi connectivity index (χ1) is 9.28. The summed E-state index contributed by atoms with van der Waals surface area (Å²) in [5.74, 6) is 0. The summed E-state index contributed by atoms with van der Waals surface area (Å²) in [7, 11) is 0. The molecule has 0 fully saturated rings. The number of nitrogens with one attached hydrogen (secondary N) is 1. The molecule has 0 saturated carbocycles. The Hall–Kier alpha value is -1.30. The molecule has 0 amide bonds. The van der Waals surface area contributed by atoms with Crippen LogP contribution < -0.4 is 5.32 Å². The molecule has 5 heteroatoms. The molecule has 19 heavy (non-hydrogen) atoms. The Kier molecular flexibility index (Phi) is 3.59.